The zero-order chi connectivity index (χ0) is 15.9. The molecule has 0 radical (unpaired) electrons. The predicted molar refractivity (Wildman–Crippen MR) is 87.8 cm³/mol. The van der Waals surface area contributed by atoms with E-state index in [1.54, 1.807) is 37.5 Å². The first-order valence-electron chi connectivity index (χ1n) is 6.94. The third kappa shape index (κ3) is 3.88. The Hall–Kier alpha value is -2.75. The maximum Gasteiger partial charge on any atom is 0.255 e. The van der Waals surface area contributed by atoms with E-state index in [0.29, 0.717) is 29.4 Å². The standard InChI is InChI=1S/C18H19NO3/c1-4-11-22-15-8-6-14(7-9-15)18(20)19-16-12-13(2)5-10-17(16)21-3/h4-10,12H,1,11H2,2-3H3,(H,19,20). The zero-order valence-corrected chi connectivity index (χ0v) is 12.8. The molecule has 4 heteroatoms. The van der Waals surface area contributed by atoms with Crippen LogP contribution in [0.5, 0.6) is 11.5 Å². The number of carbonyl (C=O) groups is 1. The molecule has 2 aromatic rings. The van der Waals surface area contributed by atoms with Gasteiger partial charge in [0.25, 0.3) is 5.91 Å². The average molecular weight is 297 g/mol. The summed E-state index contributed by atoms with van der Waals surface area (Å²) in [7, 11) is 1.58. The quantitative estimate of drug-likeness (QED) is 0.825. The topological polar surface area (TPSA) is 47.6 Å². The van der Waals surface area contributed by atoms with Gasteiger partial charge >= 0.3 is 0 Å². The number of hydrogen-bond donors (Lipinski definition) is 1. The number of methoxy groups -OCH3 is 1. The van der Waals surface area contributed by atoms with Gasteiger partial charge in [-0.3, -0.25) is 4.79 Å². The summed E-state index contributed by atoms with van der Waals surface area (Å²) in [6.45, 7) is 5.99. The van der Waals surface area contributed by atoms with Gasteiger partial charge in [0.05, 0.1) is 12.8 Å². The Morgan fingerprint density at radius 1 is 1.23 bits per heavy atom. The highest BCUT2D eigenvalue weighted by atomic mass is 16.5. The summed E-state index contributed by atoms with van der Waals surface area (Å²) < 4.78 is 10.6. The number of carbonyl (C=O) groups excluding carboxylic acids is 1. The van der Waals surface area contributed by atoms with Gasteiger partial charge in [0.1, 0.15) is 18.1 Å². The minimum absolute atomic E-state index is 0.195. The number of rotatable bonds is 6. The van der Waals surface area contributed by atoms with Crippen LogP contribution in [0.15, 0.2) is 55.1 Å². The van der Waals surface area contributed by atoms with Gasteiger partial charge in [-0.05, 0) is 48.9 Å². The van der Waals surface area contributed by atoms with E-state index in [2.05, 4.69) is 11.9 Å². The van der Waals surface area contributed by atoms with Crippen molar-refractivity contribution in [3.05, 3.63) is 66.2 Å². The van der Waals surface area contributed by atoms with Crippen LogP contribution in [0.2, 0.25) is 0 Å². The van der Waals surface area contributed by atoms with E-state index in [-0.39, 0.29) is 5.91 Å². The lowest BCUT2D eigenvalue weighted by atomic mass is 10.1. The molecule has 1 amide bonds. The first kappa shape index (κ1) is 15.6. The number of benzene rings is 2. The monoisotopic (exact) mass is 297 g/mol. The molecule has 0 bridgehead atoms. The molecule has 0 fully saturated rings. The van der Waals surface area contributed by atoms with Crippen LogP contribution >= 0.6 is 0 Å². The fourth-order valence-corrected chi connectivity index (χ4v) is 1.97. The lowest BCUT2D eigenvalue weighted by Gasteiger charge is -2.11. The lowest BCUT2D eigenvalue weighted by molar-refractivity contribution is 0.102. The maximum absolute atomic E-state index is 12.3. The molecule has 0 unspecified atom stereocenters. The van der Waals surface area contributed by atoms with Crippen LogP contribution < -0.4 is 14.8 Å². The van der Waals surface area contributed by atoms with Crippen LogP contribution in [0.25, 0.3) is 0 Å². The first-order chi connectivity index (χ1) is 10.6. The van der Waals surface area contributed by atoms with Crippen molar-refractivity contribution in [3.8, 4) is 11.5 Å². The van der Waals surface area contributed by atoms with E-state index in [9.17, 15) is 4.79 Å². The first-order valence-corrected chi connectivity index (χ1v) is 6.94. The van der Waals surface area contributed by atoms with Crippen LogP contribution in [0, 0.1) is 6.92 Å². The summed E-state index contributed by atoms with van der Waals surface area (Å²) in [5.74, 6) is 1.13. The molecule has 1 N–H and O–H groups in total. The Kier molecular flexibility index (Phi) is 5.20. The third-order valence-electron chi connectivity index (χ3n) is 3.09. The molecule has 0 heterocycles. The Morgan fingerprint density at radius 3 is 2.59 bits per heavy atom. The fourth-order valence-electron chi connectivity index (χ4n) is 1.97. The van der Waals surface area contributed by atoms with E-state index < -0.39 is 0 Å². The van der Waals surface area contributed by atoms with Gasteiger partial charge in [-0.2, -0.15) is 0 Å². The molecule has 0 aliphatic rings. The normalized spacial score (nSPS) is 9.91. The minimum atomic E-state index is -0.195. The zero-order valence-electron chi connectivity index (χ0n) is 12.8. The van der Waals surface area contributed by atoms with Crippen LogP contribution in [0.4, 0.5) is 5.69 Å². The molecule has 22 heavy (non-hydrogen) atoms. The number of nitrogens with one attached hydrogen (secondary N) is 1. The molecule has 0 atom stereocenters. The van der Waals surface area contributed by atoms with Crippen LogP contribution in [-0.4, -0.2) is 19.6 Å². The van der Waals surface area contributed by atoms with E-state index in [1.807, 2.05) is 25.1 Å². The summed E-state index contributed by atoms with van der Waals surface area (Å²) in [6, 6.07) is 12.6. The van der Waals surface area contributed by atoms with Crippen LogP contribution in [-0.2, 0) is 0 Å². The second-order valence-electron chi connectivity index (χ2n) is 4.78. The largest absolute Gasteiger partial charge is 0.495 e. The number of aryl methyl sites for hydroxylation is 1. The van der Waals surface area contributed by atoms with Crippen molar-refractivity contribution in [1.29, 1.82) is 0 Å². The van der Waals surface area contributed by atoms with Gasteiger partial charge in [-0.25, -0.2) is 0 Å². The van der Waals surface area contributed by atoms with Crippen molar-refractivity contribution in [3.63, 3.8) is 0 Å². The Labute approximate surface area is 130 Å². The van der Waals surface area contributed by atoms with Crippen LogP contribution in [0.3, 0.4) is 0 Å². The van der Waals surface area contributed by atoms with Gasteiger partial charge in [-0.1, -0.05) is 18.7 Å². The second-order valence-corrected chi connectivity index (χ2v) is 4.78. The SMILES string of the molecule is C=CCOc1ccc(C(=O)Nc2cc(C)ccc2OC)cc1. The van der Waals surface area contributed by atoms with Crippen molar-refractivity contribution in [2.24, 2.45) is 0 Å². The molecule has 0 saturated heterocycles. The van der Waals surface area contributed by atoms with Crippen LogP contribution in [0.1, 0.15) is 15.9 Å². The molecule has 0 aliphatic carbocycles. The van der Waals surface area contributed by atoms with Crippen molar-refractivity contribution < 1.29 is 14.3 Å². The molecule has 0 saturated carbocycles. The van der Waals surface area contributed by atoms with E-state index in [1.165, 1.54) is 0 Å². The smallest absolute Gasteiger partial charge is 0.255 e. The maximum atomic E-state index is 12.3. The molecule has 4 nitrogen and oxygen atoms in total. The summed E-state index contributed by atoms with van der Waals surface area (Å²) in [4.78, 5) is 12.3. The highest BCUT2D eigenvalue weighted by Crippen LogP contribution is 2.26. The van der Waals surface area contributed by atoms with Crippen molar-refractivity contribution in [1.82, 2.24) is 0 Å². The fraction of sp³-hybridized carbons (Fsp3) is 0.167. The minimum Gasteiger partial charge on any atom is -0.495 e. The number of anilines is 1. The summed E-state index contributed by atoms with van der Waals surface area (Å²) in [5.41, 5.74) is 2.25. The molecule has 2 rings (SSSR count). The average Bonchev–Trinajstić information content (AvgIpc) is 2.53. The van der Waals surface area contributed by atoms with Gasteiger partial charge in [0, 0.05) is 5.56 Å². The number of hydrogen-bond acceptors (Lipinski definition) is 3. The summed E-state index contributed by atoms with van der Waals surface area (Å²) in [5, 5.41) is 2.86. The third-order valence-corrected chi connectivity index (χ3v) is 3.09. The van der Waals surface area contributed by atoms with Crippen molar-refractivity contribution >= 4 is 11.6 Å². The lowest BCUT2D eigenvalue weighted by Crippen LogP contribution is -2.12. The Morgan fingerprint density at radius 2 is 1.95 bits per heavy atom. The highest BCUT2D eigenvalue weighted by molar-refractivity contribution is 6.05. The predicted octanol–water partition coefficient (Wildman–Crippen LogP) is 3.82. The van der Waals surface area contributed by atoms with Gasteiger partial charge in [0.15, 0.2) is 0 Å². The highest BCUT2D eigenvalue weighted by Gasteiger charge is 2.10. The molecule has 2 aromatic carbocycles. The Balaban J connectivity index is 2.12. The molecule has 0 spiro atoms. The molecule has 114 valence electrons. The molecule has 0 aliphatic heterocycles. The Bertz CT molecular complexity index is 663. The number of ether oxygens (including phenoxy) is 2. The molecular formula is C18H19NO3. The van der Waals surface area contributed by atoms with E-state index >= 15 is 0 Å². The van der Waals surface area contributed by atoms with Crippen molar-refractivity contribution in [2.75, 3.05) is 19.0 Å². The molecular weight excluding hydrogens is 278 g/mol. The summed E-state index contributed by atoms with van der Waals surface area (Å²) in [6.07, 6.45) is 1.67. The van der Waals surface area contributed by atoms with E-state index in [4.69, 9.17) is 9.47 Å². The summed E-state index contributed by atoms with van der Waals surface area (Å²) >= 11 is 0. The van der Waals surface area contributed by atoms with E-state index in [0.717, 1.165) is 5.56 Å². The molecule has 0 aromatic heterocycles. The number of amides is 1. The van der Waals surface area contributed by atoms with Gasteiger partial charge in [-0.15, -0.1) is 0 Å². The second kappa shape index (κ2) is 7.31. The van der Waals surface area contributed by atoms with Gasteiger partial charge < -0.3 is 14.8 Å². The van der Waals surface area contributed by atoms with Crippen molar-refractivity contribution in [2.45, 2.75) is 6.92 Å². The van der Waals surface area contributed by atoms with Gasteiger partial charge in [0.2, 0.25) is 0 Å².